The van der Waals surface area contributed by atoms with Gasteiger partial charge in [0.25, 0.3) is 0 Å². The average Bonchev–Trinajstić information content (AvgIpc) is 2.56. The molecule has 5 heteroatoms. The van der Waals surface area contributed by atoms with Crippen molar-refractivity contribution < 1.29 is 14.6 Å². The highest BCUT2D eigenvalue weighted by Gasteiger charge is 2.29. The van der Waals surface area contributed by atoms with Crippen LogP contribution in [0.2, 0.25) is 10.0 Å². The van der Waals surface area contributed by atoms with Gasteiger partial charge in [-0.3, -0.25) is 0 Å². The normalized spacial score (nSPS) is 15.6. The summed E-state index contributed by atoms with van der Waals surface area (Å²) >= 11 is 11.9. The van der Waals surface area contributed by atoms with Gasteiger partial charge in [-0.05, 0) is 24.6 Å². The lowest BCUT2D eigenvalue weighted by Gasteiger charge is -2.09. The van der Waals surface area contributed by atoms with Gasteiger partial charge >= 0.3 is 5.97 Å². The maximum absolute atomic E-state index is 11.5. The number of aliphatic hydroxyl groups excluding tert-OH is 1. The maximum Gasteiger partial charge on any atom is 0.342 e. The van der Waals surface area contributed by atoms with Crippen molar-refractivity contribution in [2.45, 2.75) is 6.92 Å². The van der Waals surface area contributed by atoms with E-state index in [1.807, 2.05) is 0 Å². The molecule has 16 heavy (non-hydrogen) atoms. The lowest BCUT2D eigenvalue weighted by atomic mass is 10.0. The third-order valence-electron chi connectivity index (χ3n) is 2.43. The van der Waals surface area contributed by atoms with E-state index in [2.05, 4.69) is 0 Å². The molecule has 0 fully saturated rings. The number of aliphatic hydroxyl groups is 1. The molecule has 0 saturated heterocycles. The molecule has 0 radical (unpaired) electrons. The molecule has 84 valence electrons. The fraction of sp³-hybridized carbons (Fsp3) is 0.182. The van der Waals surface area contributed by atoms with Crippen LogP contribution in [0.3, 0.4) is 0 Å². The molecule has 1 aromatic rings. The Labute approximate surface area is 102 Å². The predicted octanol–water partition coefficient (Wildman–Crippen LogP) is 3.13. The van der Waals surface area contributed by atoms with Crippen LogP contribution in [0.15, 0.2) is 17.9 Å². The summed E-state index contributed by atoms with van der Waals surface area (Å²) in [4.78, 5) is 11.5. The van der Waals surface area contributed by atoms with Crippen molar-refractivity contribution >= 4 is 34.7 Å². The van der Waals surface area contributed by atoms with Crippen LogP contribution in [0.1, 0.15) is 11.1 Å². The summed E-state index contributed by atoms with van der Waals surface area (Å²) in [5, 5.41) is 10.4. The molecule has 0 amide bonds. The van der Waals surface area contributed by atoms with E-state index in [-0.39, 0.29) is 17.9 Å². The molecule has 1 aromatic carbocycles. The van der Waals surface area contributed by atoms with Gasteiger partial charge in [0, 0.05) is 15.6 Å². The summed E-state index contributed by atoms with van der Waals surface area (Å²) in [5.41, 5.74) is 1.19. The van der Waals surface area contributed by atoms with Gasteiger partial charge in [-0.1, -0.05) is 23.2 Å². The van der Waals surface area contributed by atoms with Crippen molar-refractivity contribution in [2.75, 3.05) is 6.61 Å². The Morgan fingerprint density at radius 1 is 1.31 bits per heavy atom. The molecule has 1 aliphatic rings. The highest BCUT2D eigenvalue weighted by atomic mass is 35.5. The number of rotatable bonds is 1. The standard InChI is InChI=1S/C11H8Cl2O3/c1-5-6(12)2-3-7(13)9(5)10-8(14)4-16-11(10)15/h2-3,14H,4H2,1H3. The Hall–Kier alpha value is -1.19. The minimum Gasteiger partial charge on any atom is -0.508 e. The summed E-state index contributed by atoms with van der Waals surface area (Å²) in [7, 11) is 0. The van der Waals surface area contributed by atoms with E-state index < -0.39 is 5.97 Å². The number of hydrogen-bond acceptors (Lipinski definition) is 3. The minimum atomic E-state index is -0.579. The van der Waals surface area contributed by atoms with Crippen LogP contribution < -0.4 is 0 Å². The Kier molecular flexibility index (Phi) is 2.82. The minimum absolute atomic E-state index is 0.102. The van der Waals surface area contributed by atoms with E-state index in [1.54, 1.807) is 19.1 Å². The van der Waals surface area contributed by atoms with Crippen LogP contribution >= 0.6 is 23.2 Å². The SMILES string of the molecule is Cc1c(Cl)ccc(Cl)c1C1=C(O)COC1=O. The van der Waals surface area contributed by atoms with E-state index >= 15 is 0 Å². The molecule has 0 bridgehead atoms. The highest BCUT2D eigenvalue weighted by Crippen LogP contribution is 2.35. The van der Waals surface area contributed by atoms with Crippen molar-refractivity contribution in [1.82, 2.24) is 0 Å². The quantitative estimate of drug-likeness (QED) is 0.788. The van der Waals surface area contributed by atoms with Gasteiger partial charge in [-0.25, -0.2) is 4.79 Å². The Morgan fingerprint density at radius 2 is 1.94 bits per heavy atom. The summed E-state index contributed by atoms with van der Waals surface area (Å²) < 4.78 is 4.72. The fourth-order valence-corrected chi connectivity index (χ4v) is 2.06. The Balaban J connectivity index is 2.69. The molecule has 3 nitrogen and oxygen atoms in total. The highest BCUT2D eigenvalue weighted by molar-refractivity contribution is 6.37. The first kappa shape index (κ1) is 11.3. The smallest absolute Gasteiger partial charge is 0.342 e. The summed E-state index contributed by atoms with van der Waals surface area (Å²) in [5.74, 6) is -0.693. The number of hydrogen-bond donors (Lipinski definition) is 1. The molecule has 0 aliphatic carbocycles. The van der Waals surface area contributed by atoms with Crippen molar-refractivity contribution in [2.24, 2.45) is 0 Å². The second-order valence-corrected chi connectivity index (χ2v) is 4.24. The molecule has 2 rings (SSSR count). The number of esters is 1. The van der Waals surface area contributed by atoms with E-state index in [9.17, 15) is 9.90 Å². The molecule has 1 N–H and O–H groups in total. The molecular formula is C11H8Cl2O3. The van der Waals surface area contributed by atoms with Crippen molar-refractivity contribution in [3.05, 3.63) is 39.1 Å². The molecule has 0 spiro atoms. The number of halogens is 2. The number of carbonyl (C=O) groups excluding carboxylic acids is 1. The third kappa shape index (κ3) is 1.66. The zero-order valence-electron chi connectivity index (χ0n) is 8.38. The van der Waals surface area contributed by atoms with E-state index in [1.165, 1.54) is 0 Å². The first-order valence-electron chi connectivity index (χ1n) is 4.56. The van der Waals surface area contributed by atoms with Gasteiger partial charge in [0.2, 0.25) is 0 Å². The molecular weight excluding hydrogens is 251 g/mol. The average molecular weight is 259 g/mol. The van der Waals surface area contributed by atoms with Crippen molar-refractivity contribution in [3.8, 4) is 0 Å². The molecule has 0 aromatic heterocycles. The van der Waals surface area contributed by atoms with Crippen LogP contribution in [0.5, 0.6) is 0 Å². The zero-order valence-corrected chi connectivity index (χ0v) is 9.89. The lowest BCUT2D eigenvalue weighted by molar-refractivity contribution is -0.134. The first-order valence-corrected chi connectivity index (χ1v) is 5.32. The van der Waals surface area contributed by atoms with Gasteiger partial charge < -0.3 is 9.84 Å². The first-order chi connectivity index (χ1) is 7.52. The number of benzene rings is 1. The van der Waals surface area contributed by atoms with Crippen LogP contribution in [0.4, 0.5) is 0 Å². The predicted molar refractivity (Wildman–Crippen MR) is 61.7 cm³/mol. The fourth-order valence-electron chi connectivity index (χ4n) is 1.60. The largest absolute Gasteiger partial charge is 0.508 e. The van der Waals surface area contributed by atoms with Gasteiger partial charge in [0.15, 0.2) is 0 Å². The Bertz CT molecular complexity index is 506. The van der Waals surface area contributed by atoms with Crippen LogP contribution in [-0.2, 0) is 9.53 Å². The number of carbonyl (C=O) groups is 1. The van der Waals surface area contributed by atoms with Crippen LogP contribution in [0, 0.1) is 6.92 Å². The Morgan fingerprint density at radius 3 is 2.50 bits per heavy atom. The van der Waals surface area contributed by atoms with Crippen LogP contribution in [0.25, 0.3) is 5.57 Å². The lowest BCUT2D eigenvalue weighted by Crippen LogP contribution is -2.01. The van der Waals surface area contributed by atoms with E-state index in [4.69, 9.17) is 27.9 Å². The molecule has 0 atom stereocenters. The molecule has 1 aliphatic heterocycles. The second-order valence-electron chi connectivity index (χ2n) is 3.43. The van der Waals surface area contributed by atoms with Gasteiger partial charge in [-0.2, -0.15) is 0 Å². The monoisotopic (exact) mass is 258 g/mol. The number of ether oxygens (including phenoxy) is 1. The van der Waals surface area contributed by atoms with Gasteiger partial charge in [0.05, 0.1) is 0 Å². The summed E-state index contributed by atoms with van der Waals surface area (Å²) in [6.45, 7) is 1.62. The second kappa shape index (κ2) is 4.00. The van der Waals surface area contributed by atoms with E-state index in [0.29, 0.717) is 21.2 Å². The van der Waals surface area contributed by atoms with Gasteiger partial charge in [-0.15, -0.1) is 0 Å². The number of cyclic esters (lactones) is 1. The molecule has 0 unspecified atom stereocenters. The van der Waals surface area contributed by atoms with Gasteiger partial charge in [0.1, 0.15) is 17.9 Å². The molecule has 0 saturated carbocycles. The third-order valence-corrected chi connectivity index (χ3v) is 3.16. The van der Waals surface area contributed by atoms with Crippen LogP contribution in [-0.4, -0.2) is 17.7 Å². The topological polar surface area (TPSA) is 46.5 Å². The zero-order chi connectivity index (χ0) is 11.9. The summed E-state index contributed by atoms with van der Waals surface area (Å²) in [6, 6.07) is 3.22. The van der Waals surface area contributed by atoms with E-state index in [0.717, 1.165) is 0 Å². The molecule has 1 heterocycles. The van der Waals surface area contributed by atoms with Crippen molar-refractivity contribution in [1.29, 1.82) is 0 Å². The van der Waals surface area contributed by atoms with Crippen molar-refractivity contribution in [3.63, 3.8) is 0 Å². The maximum atomic E-state index is 11.5. The summed E-state index contributed by atoms with van der Waals surface area (Å²) in [6.07, 6.45) is 0.